The molecule has 7 nitrogen and oxygen atoms in total. The molecule has 1 aromatic heterocycles. The molecule has 0 spiro atoms. The van der Waals surface area contributed by atoms with E-state index in [0.29, 0.717) is 12.2 Å². The van der Waals surface area contributed by atoms with Crippen molar-refractivity contribution in [3.63, 3.8) is 0 Å². The number of nitrogens with zero attached hydrogens (tertiary/aromatic N) is 2. The SMILES string of the molecule is CCC(N)C(O)C(=O)Oc1nc(-c2ccccc2)no1. The molecule has 0 saturated carbocycles. The second-order valence-electron chi connectivity index (χ2n) is 4.19. The summed E-state index contributed by atoms with van der Waals surface area (Å²) in [7, 11) is 0. The summed E-state index contributed by atoms with van der Waals surface area (Å²) in [6.45, 7) is 1.75. The van der Waals surface area contributed by atoms with Crippen molar-refractivity contribution in [2.45, 2.75) is 25.5 Å². The second kappa shape index (κ2) is 6.27. The van der Waals surface area contributed by atoms with E-state index in [2.05, 4.69) is 10.1 Å². The molecule has 3 N–H and O–H groups in total. The van der Waals surface area contributed by atoms with Gasteiger partial charge >= 0.3 is 12.0 Å². The maximum absolute atomic E-state index is 11.6. The van der Waals surface area contributed by atoms with Crippen LogP contribution in [0.1, 0.15) is 13.3 Å². The Labute approximate surface area is 115 Å². The number of aliphatic hydroxyl groups excluding tert-OH is 1. The topological polar surface area (TPSA) is 111 Å². The molecule has 2 unspecified atom stereocenters. The number of esters is 1. The van der Waals surface area contributed by atoms with Gasteiger partial charge in [-0.25, -0.2) is 4.79 Å². The van der Waals surface area contributed by atoms with Crippen LogP contribution in [0.5, 0.6) is 6.08 Å². The molecule has 1 heterocycles. The normalized spacial score (nSPS) is 13.8. The zero-order valence-electron chi connectivity index (χ0n) is 10.9. The number of hydrogen-bond donors (Lipinski definition) is 2. The van der Waals surface area contributed by atoms with Gasteiger partial charge in [-0.15, -0.1) is 0 Å². The van der Waals surface area contributed by atoms with Gasteiger partial charge < -0.3 is 15.6 Å². The first-order valence-corrected chi connectivity index (χ1v) is 6.16. The van der Waals surface area contributed by atoms with Crippen molar-refractivity contribution < 1.29 is 19.2 Å². The third-order valence-corrected chi connectivity index (χ3v) is 2.75. The molecule has 7 heteroatoms. The van der Waals surface area contributed by atoms with Gasteiger partial charge in [0.25, 0.3) is 0 Å². The van der Waals surface area contributed by atoms with E-state index >= 15 is 0 Å². The third-order valence-electron chi connectivity index (χ3n) is 2.75. The van der Waals surface area contributed by atoms with Crippen molar-refractivity contribution in [1.29, 1.82) is 0 Å². The van der Waals surface area contributed by atoms with Crippen LogP contribution in [0.2, 0.25) is 0 Å². The van der Waals surface area contributed by atoms with Crippen LogP contribution in [0.15, 0.2) is 34.9 Å². The number of benzene rings is 1. The lowest BCUT2D eigenvalue weighted by atomic mass is 10.1. The quantitative estimate of drug-likeness (QED) is 0.775. The van der Waals surface area contributed by atoms with E-state index in [1.54, 1.807) is 19.1 Å². The van der Waals surface area contributed by atoms with Crippen LogP contribution in [0.25, 0.3) is 11.4 Å². The molecule has 106 valence electrons. The molecule has 0 aliphatic rings. The van der Waals surface area contributed by atoms with Crippen molar-refractivity contribution in [2.24, 2.45) is 5.73 Å². The molecule has 0 amide bonds. The van der Waals surface area contributed by atoms with Gasteiger partial charge in [0.1, 0.15) is 0 Å². The minimum Gasteiger partial charge on any atom is -0.380 e. The van der Waals surface area contributed by atoms with E-state index in [1.165, 1.54) is 0 Å². The monoisotopic (exact) mass is 277 g/mol. The van der Waals surface area contributed by atoms with Gasteiger partial charge in [-0.1, -0.05) is 42.4 Å². The van der Waals surface area contributed by atoms with Gasteiger partial charge in [-0.2, -0.15) is 4.98 Å². The highest BCUT2D eigenvalue weighted by Crippen LogP contribution is 2.18. The van der Waals surface area contributed by atoms with Crippen LogP contribution < -0.4 is 10.5 Å². The van der Waals surface area contributed by atoms with Gasteiger partial charge in [-0.3, -0.25) is 4.52 Å². The van der Waals surface area contributed by atoms with Gasteiger partial charge in [0.05, 0.1) is 0 Å². The number of rotatable bonds is 5. The predicted molar refractivity (Wildman–Crippen MR) is 69.6 cm³/mol. The Balaban J connectivity index is 2.05. The fourth-order valence-corrected chi connectivity index (χ4v) is 1.50. The largest absolute Gasteiger partial charge is 0.425 e. The van der Waals surface area contributed by atoms with Crippen LogP contribution in [0.3, 0.4) is 0 Å². The maximum Gasteiger partial charge on any atom is 0.425 e. The molecule has 0 aliphatic heterocycles. The molecule has 0 fully saturated rings. The lowest BCUT2D eigenvalue weighted by Crippen LogP contribution is -2.42. The van der Waals surface area contributed by atoms with E-state index in [1.807, 2.05) is 18.2 Å². The summed E-state index contributed by atoms with van der Waals surface area (Å²) in [4.78, 5) is 15.5. The van der Waals surface area contributed by atoms with E-state index in [4.69, 9.17) is 15.0 Å². The minimum absolute atomic E-state index is 0.294. The molecule has 1 aromatic carbocycles. The number of nitrogens with two attached hydrogens (primary N) is 1. The van der Waals surface area contributed by atoms with Gasteiger partial charge in [0, 0.05) is 11.6 Å². The molecule has 0 bridgehead atoms. The number of carbonyl (C=O) groups excluding carboxylic acids is 1. The van der Waals surface area contributed by atoms with Crippen molar-refractivity contribution in [2.75, 3.05) is 0 Å². The van der Waals surface area contributed by atoms with E-state index in [9.17, 15) is 9.90 Å². The van der Waals surface area contributed by atoms with E-state index in [0.717, 1.165) is 5.56 Å². The molecule has 0 saturated heterocycles. The number of carbonyl (C=O) groups is 1. The van der Waals surface area contributed by atoms with Gasteiger partial charge in [-0.05, 0) is 6.42 Å². The molecule has 0 radical (unpaired) electrons. The van der Waals surface area contributed by atoms with Crippen LogP contribution in [-0.4, -0.2) is 33.4 Å². The molecular weight excluding hydrogens is 262 g/mol. The van der Waals surface area contributed by atoms with Crippen LogP contribution in [0.4, 0.5) is 0 Å². The average molecular weight is 277 g/mol. The Morgan fingerprint density at radius 3 is 2.80 bits per heavy atom. The predicted octanol–water partition coefficient (Wildman–Crippen LogP) is 0.740. The minimum atomic E-state index is -1.42. The Hall–Kier alpha value is -2.25. The molecular formula is C13H15N3O4. The highest BCUT2D eigenvalue weighted by molar-refractivity contribution is 5.77. The standard InChI is InChI=1S/C13H15N3O4/c1-2-9(14)10(17)12(18)19-13-15-11(16-20-13)8-6-4-3-5-7-8/h3-7,9-10,17H,2,14H2,1H3. The fraction of sp³-hybridized carbons (Fsp3) is 0.308. The first-order chi connectivity index (χ1) is 9.61. The van der Waals surface area contributed by atoms with Crippen LogP contribution in [-0.2, 0) is 4.79 Å². The Bertz CT molecular complexity index is 570. The lowest BCUT2D eigenvalue weighted by molar-refractivity contribution is -0.146. The van der Waals surface area contributed by atoms with Crippen LogP contribution in [0, 0.1) is 0 Å². The summed E-state index contributed by atoms with van der Waals surface area (Å²) in [5, 5.41) is 13.3. The van der Waals surface area contributed by atoms with Crippen molar-refractivity contribution >= 4 is 5.97 Å². The van der Waals surface area contributed by atoms with Crippen molar-refractivity contribution in [1.82, 2.24) is 10.1 Å². The summed E-state index contributed by atoms with van der Waals surface area (Å²) in [6, 6.07) is 8.38. The van der Waals surface area contributed by atoms with Crippen molar-refractivity contribution in [3.8, 4) is 17.5 Å². The summed E-state index contributed by atoms with van der Waals surface area (Å²) >= 11 is 0. The number of aromatic nitrogens is 2. The summed E-state index contributed by atoms with van der Waals surface area (Å²) < 4.78 is 9.59. The summed E-state index contributed by atoms with van der Waals surface area (Å²) in [6.07, 6.45) is -1.31. The first-order valence-electron chi connectivity index (χ1n) is 6.16. The smallest absolute Gasteiger partial charge is 0.380 e. The number of aliphatic hydroxyl groups is 1. The number of hydrogen-bond acceptors (Lipinski definition) is 7. The third kappa shape index (κ3) is 3.19. The van der Waals surface area contributed by atoms with E-state index in [-0.39, 0.29) is 6.08 Å². The molecule has 20 heavy (non-hydrogen) atoms. The Morgan fingerprint density at radius 1 is 1.45 bits per heavy atom. The highest BCUT2D eigenvalue weighted by Gasteiger charge is 2.25. The first kappa shape index (κ1) is 14.2. The zero-order valence-corrected chi connectivity index (χ0v) is 10.9. The maximum atomic E-state index is 11.6. The average Bonchev–Trinajstić information content (AvgIpc) is 2.95. The lowest BCUT2D eigenvalue weighted by Gasteiger charge is -2.13. The van der Waals surface area contributed by atoms with Gasteiger partial charge in [0.2, 0.25) is 5.82 Å². The van der Waals surface area contributed by atoms with Gasteiger partial charge in [0.15, 0.2) is 6.10 Å². The number of ether oxygens (including phenoxy) is 1. The van der Waals surface area contributed by atoms with Crippen LogP contribution >= 0.6 is 0 Å². The molecule has 2 aromatic rings. The zero-order chi connectivity index (χ0) is 14.5. The Morgan fingerprint density at radius 2 is 2.15 bits per heavy atom. The summed E-state index contributed by atoms with van der Waals surface area (Å²) in [5.74, 6) is -0.620. The summed E-state index contributed by atoms with van der Waals surface area (Å²) in [5.41, 5.74) is 6.28. The van der Waals surface area contributed by atoms with Crippen molar-refractivity contribution in [3.05, 3.63) is 30.3 Å². The molecule has 0 aliphatic carbocycles. The van der Waals surface area contributed by atoms with E-state index < -0.39 is 18.1 Å². The molecule has 2 rings (SSSR count). The highest BCUT2D eigenvalue weighted by atomic mass is 16.7. The Kier molecular flexibility index (Phi) is 4.44. The second-order valence-corrected chi connectivity index (χ2v) is 4.19. The fourth-order valence-electron chi connectivity index (χ4n) is 1.50. The molecule has 2 atom stereocenters.